The lowest BCUT2D eigenvalue weighted by atomic mass is 10.2. The number of hydrogen-bond acceptors (Lipinski definition) is 10. The summed E-state index contributed by atoms with van der Waals surface area (Å²) in [6, 6.07) is 14.9. The van der Waals surface area contributed by atoms with Crippen LogP contribution in [-0.2, 0) is 41.5 Å². The van der Waals surface area contributed by atoms with Gasteiger partial charge in [0.25, 0.3) is 18.4 Å². The van der Waals surface area contributed by atoms with Crippen molar-refractivity contribution >= 4 is 17.2 Å². The topological polar surface area (TPSA) is 134 Å². The van der Waals surface area contributed by atoms with Gasteiger partial charge in [-0.25, -0.2) is 14.0 Å². The number of para-hydroxylation sites is 2. The number of rotatable bonds is 15. The number of nitrogens with two attached hydrogens (primary N) is 2. The first-order valence-electron chi connectivity index (χ1n) is 14.7. The van der Waals surface area contributed by atoms with Crippen molar-refractivity contribution in [3.63, 3.8) is 0 Å². The molecule has 0 spiro atoms. The largest absolute Gasteiger partial charge is 1.00 e. The molecule has 2 atom stereocenters. The summed E-state index contributed by atoms with van der Waals surface area (Å²) in [4.78, 5) is 6.65. The van der Waals surface area contributed by atoms with Crippen LogP contribution in [0.3, 0.4) is 0 Å². The summed E-state index contributed by atoms with van der Waals surface area (Å²) in [5.74, 6) is 1.73. The number of aromatic nitrogens is 2. The number of aliphatic imine (C=N–C) groups is 1. The molecule has 3 aliphatic rings. The predicted octanol–water partition coefficient (Wildman–Crippen LogP) is -2.24. The molecule has 0 fully saturated rings. The Labute approximate surface area is 280 Å². The normalized spacial score (nSPS) is 17.7. The number of amidine groups is 1. The van der Waals surface area contributed by atoms with Gasteiger partial charge < -0.3 is 64.7 Å². The number of benzene rings is 2. The number of unbranched alkanes of at least 4 members (excludes halogenated alkanes) is 1. The number of hydrogen-bond donors (Lipinski definition) is 2. The molecule has 0 bridgehead atoms. The van der Waals surface area contributed by atoms with Crippen LogP contribution in [0.15, 0.2) is 104 Å². The number of aryl methyl sites for hydroxylation is 1. The maximum absolute atomic E-state index is 6.02. The molecule has 4 N–H and O–H groups in total. The van der Waals surface area contributed by atoms with E-state index in [9.17, 15) is 0 Å². The van der Waals surface area contributed by atoms with Crippen molar-refractivity contribution in [1.82, 2.24) is 14.5 Å². The van der Waals surface area contributed by atoms with Crippen LogP contribution < -0.4 is 45.8 Å². The fraction of sp³-hybridized carbons (Fsp3) is 0.312. The molecule has 14 heteroatoms. The SMILES string of the molecule is Nc1ccccc1C1OC=C(OCCN2C=C[N+]=C2CCCC[n+]2ccn(CCOC3=COC(c4ccccc4N)O3)c2)O1.[Cl-].[Cl-]. The van der Waals surface area contributed by atoms with Crippen LogP contribution in [0.4, 0.5) is 11.4 Å². The second kappa shape index (κ2) is 16.6. The third-order valence-electron chi connectivity index (χ3n) is 7.31. The number of ether oxygens (including phenoxy) is 6. The Morgan fingerprint density at radius 3 is 2.04 bits per heavy atom. The van der Waals surface area contributed by atoms with Gasteiger partial charge in [-0.15, -0.1) is 0 Å². The monoisotopic (exact) mass is 671 g/mol. The Morgan fingerprint density at radius 2 is 1.41 bits per heavy atom. The molecular formula is C32H37Cl2N6O6. The van der Waals surface area contributed by atoms with Crippen LogP contribution in [0.25, 0.3) is 0 Å². The molecule has 0 saturated carbocycles. The molecular weight excluding hydrogens is 635 g/mol. The maximum atomic E-state index is 6.02. The summed E-state index contributed by atoms with van der Waals surface area (Å²) in [5, 5.41) is 0. The summed E-state index contributed by atoms with van der Waals surface area (Å²) >= 11 is 0. The van der Waals surface area contributed by atoms with E-state index in [1.807, 2.05) is 67.1 Å². The minimum absolute atomic E-state index is 0. The second-order valence-electron chi connectivity index (χ2n) is 10.4. The molecule has 4 heterocycles. The van der Waals surface area contributed by atoms with Gasteiger partial charge in [0.1, 0.15) is 44.9 Å². The molecule has 0 saturated heterocycles. The minimum atomic E-state index is -0.591. The highest BCUT2D eigenvalue weighted by molar-refractivity contribution is 5.84. The van der Waals surface area contributed by atoms with Crippen LogP contribution >= 0.6 is 0 Å². The van der Waals surface area contributed by atoms with Gasteiger partial charge in [0.15, 0.2) is 18.7 Å². The highest BCUT2D eigenvalue weighted by atomic mass is 35.5. The Morgan fingerprint density at radius 1 is 0.804 bits per heavy atom. The van der Waals surface area contributed by atoms with Gasteiger partial charge in [0.05, 0.1) is 24.1 Å². The van der Waals surface area contributed by atoms with E-state index in [2.05, 4.69) is 31.6 Å². The number of nitrogens with zero attached hydrogens (tertiary/aromatic N) is 4. The molecule has 1 aromatic heterocycles. The Bertz CT molecular complexity index is 1560. The molecule has 3 aromatic rings. The van der Waals surface area contributed by atoms with Gasteiger partial charge in [-0.05, 0) is 37.1 Å². The lowest BCUT2D eigenvalue weighted by Crippen LogP contribution is -3.00. The van der Waals surface area contributed by atoms with Gasteiger partial charge in [-0.3, -0.25) is 0 Å². The van der Waals surface area contributed by atoms with Crippen molar-refractivity contribution in [2.75, 3.05) is 31.2 Å². The fourth-order valence-electron chi connectivity index (χ4n) is 4.97. The minimum Gasteiger partial charge on any atom is -1.00 e. The highest BCUT2D eigenvalue weighted by Crippen LogP contribution is 2.33. The summed E-state index contributed by atoms with van der Waals surface area (Å²) in [5.41, 5.74) is 14.8. The first kappa shape index (κ1) is 34.2. The van der Waals surface area contributed by atoms with Gasteiger partial charge >= 0.3 is 11.9 Å². The smallest absolute Gasteiger partial charge is 0.319 e. The van der Waals surface area contributed by atoms with Crippen molar-refractivity contribution in [3.05, 3.63) is 115 Å². The van der Waals surface area contributed by atoms with Crippen LogP contribution in [0.1, 0.15) is 43.0 Å². The Kier molecular flexibility index (Phi) is 12.3. The zero-order chi connectivity index (χ0) is 30.1. The molecule has 0 amide bonds. The number of halogens is 2. The summed E-state index contributed by atoms with van der Waals surface area (Å²) < 4.78 is 38.4. The van der Waals surface area contributed by atoms with Crippen LogP contribution in [0, 0.1) is 0 Å². The maximum Gasteiger partial charge on any atom is 0.319 e. The lowest BCUT2D eigenvalue weighted by molar-refractivity contribution is -0.696. The molecule has 0 aliphatic carbocycles. The zero-order valence-corrected chi connectivity index (χ0v) is 26.6. The van der Waals surface area contributed by atoms with Crippen molar-refractivity contribution in [3.8, 4) is 0 Å². The molecule has 2 unspecified atom stereocenters. The van der Waals surface area contributed by atoms with E-state index >= 15 is 0 Å². The molecule has 245 valence electrons. The third kappa shape index (κ3) is 8.73. The fourth-order valence-corrected chi connectivity index (χ4v) is 4.97. The average molecular weight is 673 g/mol. The number of nitrogen functional groups attached to an aromatic ring is 2. The molecule has 3 aliphatic heterocycles. The quantitative estimate of drug-likeness (QED) is 0.105. The zero-order valence-electron chi connectivity index (χ0n) is 25.1. The van der Waals surface area contributed by atoms with Crippen molar-refractivity contribution in [2.24, 2.45) is 0 Å². The highest BCUT2D eigenvalue weighted by Gasteiger charge is 2.27. The van der Waals surface area contributed by atoms with Crippen molar-refractivity contribution in [2.45, 2.75) is 44.9 Å². The first-order valence-corrected chi connectivity index (χ1v) is 14.7. The summed E-state index contributed by atoms with van der Waals surface area (Å²) in [6.45, 7) is 3.13. The first-order chi connectivity index (χ1) is 21.6. The predicted molar refractivity (Wildman–Crippen MR) is 161 cm³/mol. The second-order valence-corrected chi connectivity index (χ2v) is 10.4. The van der Waals surface area contributed by atoms with Gasteiger partial charge in [0, 0.05) is 11.4 Å². The van der Waals surface area contributed by atoms with Gasteiger partial charge in [-0.2, -0.15) is 0 Å². The molecule has 1 radical (unpaired) electrons. The van der Waals surface area contributed by atoms with E-state index in [0.717, 1.165) is 42.8 Å². The Hall–Kier alpha value is -4.68. The summed E-state index contributed by atoms with van der Waals surface area (Å²) in [6.07, 6.45) is 14.7. The summed E-state index contributed by atoms with van der Waals surface area (Å²) in [7, 11) is 0. The van der Waals surface area contributed by atoms with E-state index in [0.29, 0.717) is 49.6 Å². The lowest BCUT2D eigenvalue weighted by Gasteiger charge is -2.14. The van der Waals surface area contributed by atoms with E-state index in [-0.39, 0.29) is 24.8 Å². The van der Waals surface area contributed by atoms with Crippen LogP contribution in [-0.4, -0.2) is 35.1 Å². The van der Waals surface area contributed by atoms with Gasteiger partial charge in [-0.1, -0.05) is 29.3 Å². The number of imidazole rings is 1. The van der Waals surface area contributed by atoms with Crippen molar-refractivity contribution < 1.29 is 57.8 Å². The van der Waals surface area contributed by atoms with Gasteiger partial charge in [0.2, 0.25) is 6.33 Å². The molecule has 2 aromatic carbocycles. The van der Waals surface area contributed by atoms with E-state index in [4.69, 9.17) is 39.9 Å². The third-order valence-corrected chi connectivity index (χ3v) is 7.31. The average Bonchev–Trinajstić information content (AvgIpc) is 3.85. The van der Waals surface area contributed by atoms with E-state index < -0.39 is 12.6 Å². The standard InChI is InChI=1S/C32H37N6O6.2ClH/c33-26-9-3-1-7-24(26)31-41-21-29(43-31)39-19-17-37-16-15-36(23-37)13-6-5-11-28-35-12-14-38(28)18-20-40-30-22-42-32(44-30)25-8-2-4-10-27(25)34;;/h1-4,7-10,12,14-16,21-23,31-32H,5-6,11,13,17-20,33-34H2;2*1H/q+2;;/p-2. The molecule has 12 nitrogen and oxygen atoms in total. The molecule has 6 rings (SSSR count). The van der Waals surface area contributed by atoms with Crippen molar-refractivity contribution in [1.29, 1.82) is 0 Å². The molecule has 46 heavy (non-hydrogen) atoms. The van der Waals surface area contributed by atoms with Crippen LogP contribution in [0.2, 0.25) is 0 Å². The Balaban J connectivity index is 0.00000240. The van der Waals surface area contributed by atoms with E-state index in [1.165, 1.54) is 12.5 Å². The number of anilines is 2. The van der Waals surface area contributed by atoms with Crippen LogP contribution in [0.5, 0.6) is 0 Å². The van der Waals surface area contributed by atoms with E-state index in [1.54, 1.807) is 0 Å².